The van der Waals surface area contributed by atoms with Crippen molar-refractivity contribution in [2.24, 2.45) is 0 Å². The molecular weight excluding hydrogens is 243 g/mol. The lowest BCUT2D eigenvalue weighted by molar-refractivity contribution is 0.391. The van der Waals surface area contributed by atoms with Crippen molar-refractivity contribution in [2.75, 3.05) is 0 Å². The third-order valence-electron chi connectivity index (χ3n) is 3.62. The van der Waals surface area contributed by atoms with Crippen LogP contribution >= 0.6 is 0 Å². The molecule has 4 nitrogen and oxygen atoms in total. The molecule has 0 atom stereocenters. The molecular formula is C14H13FN4. The normalized spacial score (nSPS) is 14.9. The van der Waals surface area contributed by atoms with Gasteiger partial charge in [-0.3, -0.25) is 0 Å². The summed E-state index contributed by atoms with van der Waals surface area (Å²) < 4.78 is 14.7. The Morgan fingerprint density at radius 1 is 1.32 bits per heavy atom. The maximum Gasteiger partial charge on any atom is 0.186 e. The summed E-state index contributed by atoms with van der Waals surface area (Å²) in [7, 11) is 0. The Morgan fingerprint density at radius 3 is 2.63 bits per heavy atom. The first kappa shape index (κ1) is 11.8. The van der Waals surface area contributed by atoms with E-state index in [-0.39, 0.29) is 5.82 Å². The first-order valence-electron chi connectivity index (χ1n) is 6.36. The van der Waals surface area contributed by atoms with Crippen LogP contribution in [0.4, 0.5) is 4.39 Å². The lowest BCUT2D eigenvalue weighted by Gasteiger charge is -2.25. The van der Waals surface area contributed by atoms with Crippen LogP contribution in [-0.4, -0.2) is 15.0 Å². The summed E-state index contributed by atoms with van der Waals surface area (Å²) in [4.78, 5) is 0. The van der Waals surface area contributed by atoms with Gasteiger partial charge in [-0.15, -0.1) is 5.10 Å². The van der Waals surface area contributed by atoms with E-state index in [0.29, 0.717) is 18.2 Å². The molecule has 96 valence electrons. The van der Waals surface area contributed by atoms with Crippen LogP contribution in [-0.2, 0) is 6.54 Å². The topological polar surface area (TPSA) is 54.5 Å². The summed E-state index contributed by atoms with van der Waals surface area (Å²) in [6.07, 6.45) is 3.37. The number of benzene rings is 1. The first-order chi connectivity index (χ1) is 9.28. The molecule has 1 aliphatic rings. The monoisotopic (exact) mass is 256 g/mol. The van der Waals surface area contributed by atoms with Gasteiger partial charge >= 0.3 is 0 Å². The van der Waals surface area contributed by atoms with Gasteiger partial charge in [-0.05, 0) is 30.5 Å². The predicted molar refractivity (Wildman–Crippen MR) is 66.8 cm³/mol. The van der Waals surface area contributed by atoms with E-state index in [1.807, 2.05) is 0 Å². The molecule has 0 spiro atoms. The minimum absolute atomic E-state index is 0.251. The minimum atomic E-state index is -0.251. The third kappa shape index (κ3) is 2.22. The van der Waals surface area contributed by atoms with E-state index in [9.17, 15) is 4.39 Å². The molecule has 0 N–H and O–H groups in total. The second kappa shape index (κ2) is 4.81. The van der Waals surface area contributed by atoms with Crippen LogP contribution in [0.5, 0.6) is 0 Å². The van der Waals surface area contributed by atoms with Crippen molar-refractivity contribution in [1.82, 2.24) is 15.0 Å². The van der Waals surface area contributed by atoms with E-state index in [1.165, 1.54) is 18.6 Å². The molecule has 2 aromatic rings. The lowest BCUT2D eigenvalue weighted by atomic mass is 9.82. The van der Waals surface area contributed by atoms with Gasteiger partial charge in [0.25, 0.3) is 0 Å². The van der Waals surface area contributed by atoms with Crippen molar-refractivity contribution < 1.29 is 4.39 Å². The number of rotatable bonds is 3. The molecule has 0 aliphatic heterocycles. The molecule has 0 radical (unpaired) electrons. The van der Waals surface area contributed by atoms with E-state index >= 15 is 0 Å². The highest BCUT2D eigenvalue weighted by molar-refractivity contribution is 5.30. The molecule has 0 saturated heterocycles. The zero-order valence-corrected chi connectivity index (χ0v) is 10.4. The van der Waals surface area contributed by atoms with Gasteiger partial charge in [0.2, 0.25) is 0 Å². The largest absolute Gasteiger partial charge is 0.243 e. The molecule has 1 aromatic carbocycles. The van der Waals surface area contributed by atoms with E-state index in [4.69, 9.17) is 5.26 Å². The Hall–Kier alpha value is -2.22. The zero-order valence-electron chi connectivity index (χ0n) is 10.4. The molecule has 0 bridgehead atoms. The molecule has 1 fully saturated rings. The molecule has 0 unspecified atom stereocenters. The second-order valence-electron chi connectivity index (χ2n) is 4.85. The third-order valence-corrected chi connectivity index (χ3v) is 3.62. The highest BCUT2D eigenvalue weighted by Crippen LogP contribution is 2.37. The summed E-state index contributed by atoms with van der Waals surface area (Å²) in [5.74, 6) is 0.143. The minimum Gasteiger partial charge on any atom is -0.243 e. The van der Waals surface area contributed by atoms with Crippen LogP contribution in [0.1, 0.15) is 42.1 Å². The number of nitrogens with zero attached hydrogens (tertiary/aromatic N) is 4. The van der Waals surface area contributed by atoms with E-state index in [2.05, 4.69) is 16.4 Å². The van der Waals surface area contributed by atoms with Gasteiger partial charge in [0.15, 0.2) is 5.69 Å². The number of halogens is 1. The number of hydrogen-bond acceptors (Lipinski definition) is 3. The van der Waals surface area contributed by atoms with E-state index in [1.54, 1.807) is 16.8 Å². The maximum absolute atomic E-state index is 12.9. The fraction of sp³-hybridized carbons (Fsp3) is 0.357. The summed E-state index contributed by atoms with van der Waals surface area (Å²) in [5, 5.41) is 17.1. The second-order valence-corrected chi connectivity index (χ2v) is 4.85. The Bertz CT molecular complexity index is 620. The Balaban J connectivity index is 1.90. The smallest absolute Gasteiger partial charge is 0.186 e. The van der Waals surface area contributed by atoms with Crippen LogP contribution in [0, 0.1) is 17.1 Å². The highest BCUT2D eigenvalue weighted by Gasteiger charge is 2.27. The number of nitriles is 1. The average Bonchev–Trinajstić information content (AvgIpc) is 2.73. The van der Waals surface area contributed by atoms with Crippen LogP contribution in [0.25, 0.3) is 0 Å². The van der Waals surface area contributed by atoms with Crippen molar-refractivity contribution in [3.8, 4) is 6.07 Å². The van der Waals surface area contributed by atoms with Gasteiger partial charge in [-0.1, -0.05) is 23.8 Å². The lowest BCUT2D eigenvalue weighted by Crippen LogP contribution is -2.16. The Kier molecular flexibility index (Phi) is 3.00. The van der Waals surface area contributed by atoms with Crippen LogP contribution in [0.15, 0.2) is 24.3 Å². The summed E-state index contributed by atoms with van der Waals surface area (Å²) in [6.45, 7) is 0.529. The van der Waals surface area contributed by atoms with Gasteiger partial charge in [0.1, 0.15) is 11.9 Å². The molecule has 1 saturated carbocycles. The Morgan fingerprint density at radius 2 is 2.05 bits per heavy atom. The predicted octanol–water partition coefficient (Wildman–Crippen LogP) is 2.60. The average molecular weight is 256 g/mol. The fourth-order valence-corrected chi connectivity index (χ4v) is 2.37. The zero-order chi connectivity index (χ0) is 13.2. The molecule has 1 heterocycles. The maximum atomic E-state index is 12.9. The summed E-state index contributed by atoms with van der Waals surface area (Å²) >= 11 is 0. The Labute approximate surface area is 110 Å². The molecule has 19 heavy (non-hydrogen) atoms. The number of hydrogen-bond donors (Lipinski definition) is 0. The number of aromatic nitrogens is 3. The van der Waals surface area contributed by atoms with Crippen molar-refractivity contribution >= 4 is 0 Å². The summed E-state index contributed by atoms with van der Waals surface area (Å²) in [5.41, 5.74) is 2.31. The molecule has 3 rings (SSSR count). The van der Waals surface area contributed by atoms with Gasteiger partial charge in [-0.25, -0.2) is 9.07 Å². The van der Waals surface area contributed by atoms with E-state index in [0.717, 1.165) is 24.1 Å². The van der Waals surface area contributed by atoms with Crippen molar-refractivity contribution in [2.45, 2.75) is 31.7 Å². The van der Waals surface area contributed by atoms with Gasteiger partial charge < -0.3 is 0 Å². The SMILES string of the molecule is N#Cc1nnn(Cc2ccc(F)cc2)c1C1CCC1. The standard InChI is InChI=1S/C14H13FN4/c15-12-6-4-10(5-7-12)9-19-14(11-2-1-3-11)13(8-16)17-18-19/h4-7,11H,1-3,9H2. The molecule has 5 heteroatoms. The van der Waals surface area contributed by atoms with Crippen molar-refractivity contribution in [3.05, 3.63) is 47.0 Å². The molecule has 0 amide bonds. The van der Waals surface area contributed by atoms with Crippen molar-refractivity contribution in [1.29, 1.82) is 5.26 Å². The molecule has 1 aliphatic carbocycles. The first-order valence-corrected chi connectivity index (χ1v) is 6.36. The quantitative estimate of drug-likeness (QED) is 0.848. The van der Waals surface area contributed by atoms with Gasteiger partial charge in [0.05, 0.1) is 12.2 Å². The fourth-order valence-electron chi connectivity index (χ4n) is 2.37. The van der Waals surface area contributed by atoms with Crippen LogP contribution in [0.3, 0.4) is 0 Å². The molecule has 1 aromatic heterocycles. The van der Waals surface area contributed by atoms with Crippen LogP contribution < -0.4 is 0 Å². The summed E-state index contributed by atoms with van der Waals surface area (Å²) in [6, 6.07) is 8.43. The van der Waals surface area contributed by atoms with Crippen LogP contribution in [0.2, 0.25) is 0 Å². The van der Waals surface area contributed by atoms with Gasteiger partial charge in [-0.2, -0.15) is 5.26 Å². The van der Waals surface area contributed by atoms with Crippen molar-refractivity contribution in [3.63, 3.8) is 0 Å². The van der Waals surface area contributed by atoms with E-state index < -0.39 is 0 Å². The highest BCUT2D eigenvalue weighted by atomic mass is 19.1. The van der Waals surface area contributed by atoms with Gasteiger partial charge in [0, 0.05) is 5.92 Å².